The summed E-state index contributed by atoms with van der Waals surface area (Å²) in [6.45, 7) is 10.8. The summed E-state index contributed by atoms with van der Waals surface area (Å²) in [5, 5.41) is 5.40. The van der Waals surface area contributed by atoms with Gasteiger partial charge in [0.15, 0.2) is 0 Å². The Balaban J connectivity index is 2.49. The van der Waals surface area contributed by atoms with E-state index in [9.17, 15) is 24.0 Å². The van der Waals surface area contributed by atoms with Crippen molar-refractivity contribution in [3.05, 3.63) is 34.9 Å². The number of alkyl carbamates (subject to hydrolysis) is 1. The summed E-state index contributed by atoms with van der Waals surface area (Å²) in [6.07, 6.45) is 1.20. The maximum Gasteiger partial charge on any atom is 0.408 e. The molecule has 0 spiro atoms. The highest BCUT2D eigenvalue weighted by atomic mass is 16.6. The number of ether oxygens (including phenoxy) is 2. The van der Waals surface area contributed by atoms with Crippen molar-refractivity contribution in [3.63, 3.8) is 0 Å². The van der Waals surface area contributed by atoms with Crippen LogP contribution in [-0.2, 0) is 28.7 Å². The van der Waals surface area contributed by atoms with Gasteiger partial charge in [0.25, 0.3) is 0 Å². The van der Waals surface area contributed by atoms with Crippen LogP contribution in [0.25, 0.3) is 0 Å². The van der Waals surface area contributed by atoms with Gasteiger partial charge in [-0.15, -0.1) is 0 Å². The molecule has 2 atom stereocenters. The molecule has 1 aromatic carbocycles. The number of amides is 4. The third-order valence-corrected chi connectivity index (χ3v) is 6.58. The van der Waals surface area contributed by atoms with E-state index in [0.29, 0.717) is 18.4 Å². The predicted molar refractivity (Wildman–Crippen MR) is 149 cm³/mol. The smallest absolute Gasteiger partial charge is 0.408 e. The van der Waals surface area contributed by atoms with Gasteiger partial charge in [-0.05, 0) is 78.4 Å². The summed E-state index contributed by atoms with van der Waals surface area (Å²) in [4.78, 5) is 65.7. The monoisotopic (exact) mass is 560 g/mol. The van der Waals surface area contributed by atoms with E-state index in [4.69, 9.17) is 15.2 Å². The first kappa shape index (κ1) is 32.6. The van der Waals surface area contributed by atoms with Gasteiger partial charge in [-0.2, -0.15) is 0 Å². The van der Waals surface area contributed by atoms with E-state index >= 15 is 0 Å². The third-order valence-electron chi connectivity index (χ3n) is 6.58. The summed E-state index contributed by atoms with van der Waals surface area (Å²) >= 11 is 0. The number of rotatable bonds is 13. The van der Waals surface area contributed by atoms with Crippen LogP contribution in [0, 0.1) is 13.8 Å². The molecule has 0 aromatic heterocycles. The number of nitrogens with two attached hydrogens (primary N) is 1. The zero-order valence-electron chi connectivity index (χ0n) is 24.5. The lowest BCUT2D eigenvalue weighted by Gasteiger charge is -2.44. The Labute approximate surface area is 236 Å². The van der Waals surface area contributed by atoms with Crippen molar-refractivity contribution in [2.45, 2.75) is 104 Å². The van der Waals surface area contributed by atoms with Crippen LogP contribution in [0.5, 0.6) is 0 Å². The van der Waals surface area contributed by atoms with Crippen LogP contribution in [0.1, 0.15) is 89.0 Å². The molecule has 1 aromatic rings. The van der Waals surface area contributed by atoms with Crippen molar-refractivity contribution in [3.8, 4) is 0 Å². The van der Waals surface area contributed by atoms with Crippen LogP contribution in [0.2, 0.25) is 0 Å². The molecule has 1 aliphatic carbocycles. The highest BCUT2D eigenvalue weighted by molar-refractivity contribution is 5.93. The number of nitrogens with zero attached hydrogens (tertiary/aromatic N) is 1. The Morgan fingerprint density at radius 3 is 2.33 bits per heavy atom. The molecule has 4 amide bonds. The molecule has 0 bridgehead atoms. The average Bonchev–Trinajstić information content (AvgIpc) is 2.80. The number of nitrogens with one attached hydrogen (secondary N) is 2. The SMILES string of the molecule is CCOC(=O)CCNC(=O)C(c1cc(C)ccc1C)N(C(=O)C(CCC(N)=O)NC(=O)OC(C)(C)C)C1CCC1. The second-order valence-electron chi connectivity index (χ2n) is 11.1. The van der Waals surface area contributed by atoms with Gasteiger partial charge in [0.05, 0.1) is 13.0 Å². The Kier molecular flexibility index (Phi) is 11.9. The second-order valence-corrected chi connectivity index (χ2v) is 11.1. The van der Waals surface area contributed by atoms with Crippen molar-refractivity contribution < 1.29 is 33.4 Å². The van der Waals surface area contributed by atoms with Crippen molar-refractivity contribution in [1.29, 1.82) is 0 Å². The topological polar surface area (TPSA) is 157 Å². The Morgan fingerprint density at radius 1 is 1.10 bits per heavy atom. The van der Waals surface area contributed by atoms with Gasteiger partial charge in [0.1, 0.15) is 17.7 Å². The van der Waals surface area contributed by atoms with Crippen molar-refractivity contribution in [2.75, 3.05) is 13.2 Å². The molecule has 222 valence electrons. The van der Waals surface area contributed by atoms with Gasteiger partial charge in [-0.3, -0.25) is 19.2 Å². The predicted octanol–water partition coefficient (Wildman–Crippen LogP) is 2.95. The Bertz CT molecular complexity index is 1080. The molecule has 0 aliphatic heterocycles. The molecule has 1 fully saturated rings. The Morgan fingerprint density at radius 2 is 1.77 bits per heavy atom. The lowest BCUT2D eigenvalue weighted by Crippen LogP contribution is -2.57. The number of benzene rings is 1. The first-order valence-corrected chi connectivity index (χ1v) is 13.8. The van der Waals surface area contributed by atoms with E-state index in [0.717, 1.165) is 17.5 Å². The number of esters is 1. The fourth-order valence-corrected chi connectivity index (χ4v) is 4.45. The normalized spacial score (nSPS) is 14.8. The molecule has 0 saturated heterocycles. The van der Waals surface area contributed by atoms with Gasteiger partial charge in [-0.25, -0.2) is 4.79 Å². The van der Waals surface area contributed by atoms with Crippen molar-refractivity contribution >= 4 is 29.8 Å². The van der Waals surface area contributed by atoms with Crippen LogP contribution >= 0.6 is 0 Å². The summed E-state index contributed by atoms with van der Waals surface area (Å²) in [5.41, 5.74) is 6.91. The first-order valence-electron chi connectivity index (χ1n) is 13.8. The average molecular weight is 561 g/mol. The summed E-state index contributed by atoms with van der Waals surface area (Å²) in [7, 11) is 0. The third kappa shape index (κ3) is 9.84. The number of hydrogen-bond donors (Lipinski definition) is 3. The van der Waals surface area contributed by atoms with E-state index in [1.54, 1.807) is 27.7 Å². The molecular formula is C29H44N4O7. The first-order chi connectivity index (χ1) is 18.7. The zero-order valence-corrected chi connectivity index (χ0v) is 24.5. The van der Waals surface area contributed by atoms with E-state index in [2.05, 4.69) is 10.6 Å². The van der Waals surface area contributed by atoms with Gasteiger partial charge < -0.3 is 30.7 Å². The molecular weight excluding hydrogens is 516 g/mol. The van der Waals surface area contributed by atoms with Crippen LogP contribution in [0.15, 0.2) is 18.2 Å². The number of carbonyl (C=O) groups excluding carboxylic acids is 5. The van der Waals surface area contributed by atoms with E-state index in [-0.39, 0.29) is 38.5 Å². The summed E-state index contributed by atoms with van der Waals surface area (Å²) in [5.74, 6) is -2.03. The van der Waals surface area contributed by atoms with Gasteiger partial charge in [0.2, 0.25) is 17.7 Å². The van der Waals surface area contributed by atoms with Crippen LogP contribution in [0.4, 0.5) is 4.79 Å². The highest BCUT2D eigenvalue weighted by Crippen LogP contribution is 2.35. The summed E-state index contributed by atoms with van der Waals surface area (Å²) < 4.78 is 10.3. The molecule has 2 rings (SSSR count). The molecule has 0 radical (unpaired) electrons. The van der Waals surface area contributed by atoms with Gasteiger partial charge in [-0.1, -0.05) is 23.8 Å². The molecule has 11 heteroatoms. The quantitative estimate of drug-likeness (QED) is 0.313. The number of primary amides is 1. The highest BCUT2D eigenvalue weighted by Gasteiger charge is 2.42. The zero-order chi connectivity index (χ0) is 30.0. The lowest BCUT2D eigenvalue weighted by molar-refractivity contribution is -0.148. The van der Waals surface area contributed by atoms with Crippen molar-refractivity contribution in [2.24, 2.45) is 5.73 Å². The standard InChI is InChI=1S/C29H44N4O7/c1-7-39-24(35)15-16-31-26(36)25(21-17-18(2)11-12-19(21)3)33(20-9-8-10-20)27(37)22(13-14-23(30)34)32-28(38)40-29(4,5)6/h11-12,17,20,22,25H,7-10,13-16H2,1-6H3,(H2,30,34)(H,31,36)(H,32,38). The number of carbonyl (C=O) groups is 5. The molecule has 1 aliphatic rings. The van der Waals surface area contributed by atoms with E-state index in [1.165, 1.54) is 4.90 Å². The minimum Gasteiger partial charge on any atom is -0.466 e. The molecule has 4 N–H and O–H groups in total. The van der Waals surface area contributed by atoms with Crippen molar-refractivity contribution in [1.82, 2.24) is 15.5 Å². The minimum absolute atomic E-state index is 0.0160. The van der Waals surface area contributed by atoms with E-state index in [1.807, 2.05) is 32.0 Å². The van der Waals surface area contributed by atoms with Gasteiger partial charge >= 0.3 is 12.1 Å². The molecule has 0 heterocycles. The lowest BCUT2D eigenvalue weighted by atomic mass is 9.86. The van der Waals surface area contributed by atoms with E-state index < -0.39 is 47.5 Å². The fraction of sp³-hybridized carbons (Fsp3) is 0.621. The second kappa shape index (κ2) is 14.7. The molecule has 2 unspecified atom stereocenters. The summed E-state index contributed by atoms with van der Waals surface area (Å²) in [6, 6.07) is 3.23. The number of aryl methyl sites for hydroxylation is 2. The fourth-order valence-electron chi connectivity index (χ4n) is 4.45. The molecule has 11 nitrogen and oxygen atoms in total. The van der Waals surface area contributed by atoms with Crippen LogP contribution in [0.3, 0.4) is 0 Å². The van der Waals surface area contributed by atoms with Crippen LogP contribution < -0.4 is 16.4 Å². The maximum absolute atomic E-state index is 14.2. The molecule has 40 heavy (non-hydrogen) atoms. The minimum atomic E-state index is -1.15. The number of hydrogen-bond acceptors (Lipinski definition) is 7. The van der Waals surface area contributed by atoms with Gasteiger partial charge in [0, 0.05) is 19.0 Å². The molecule has 1 saturated carbocycles. The largest absolute Gasteiger partial charge is 0.466 e. The van der Waals surface area contributed by atoms with Crippen LogP contribution in [-0.4, -0.2) is 65.5 Å². The Hall–Kier alpha value is -3.63. The maximum atomic E-state index is 14.2.